The Morgan fingerprint density at radius 3 is 2.85 bits per heavy atom. The SMILES string of the molecule is Cc1ccc2c(c1)C1C=C(CCOC(=O)CC(C)N2)c2ccccc2C1. The lowest BCUT2D eigenvalue weighted by Gasteiger charge is -2.28. The summed E-state index contributed by atoms with van der Waals surface area (Å²) in [4.78, 5) is 12.1. The molecule has 0 spiro atoms. The molecule has 2 bridgehead atoms. The van der Waals surface area contributed by atoms with Crippen molar-refractivity contribution >= 4 is 17.2 Å². The molecule has 4 rings (SSSR count). The number of nitrogens with one attached hydrogen (secondary N) is 1. The van der Waals surface area contributed by atoms with Crippen LogP contribution in [0.1, 0.15) is 47.9 Å². The fourth-order valence-corrected chi connectivity index (χ4v) is 4.08. The molecular weight excluding hydrogens is 322 g/mol. The second kappa shape index (κ2) is 6.99. The molecule has 1 aliphatic heterocycles. The van der Waals surface area contributed by atoms with Crippen LogP contribution < -0.4 is 5.32 Å². The molecule has 1 N–H and O–H groups in total. The Morgan fingerprint density at radius 1 is 1.12 bits per heavy atom. The maximum atomic E-state index is 12.1. The molecule has 2 aliphatic rings. The summed E-state index contributed by atoms with van der Waals surface area (Å²) in [6, 6.07) is 15.2. The van der Waals surface area contributed by atoms with Crippen molar-refractivity contribution in [2.24, 2.45) is 0 Å². The van der Waals surface area contributed by atoms with Gasteiger partial charge in [-0.1, -0.05) is 48.0 Å². The van der Waals surface area contributed by atoms with E-state index in [1.807, 2.05) is 6.92 Å². The van der Waals surface area contributed by atoms with Gasteiger partial charge in [0.2, 0.25) is 0 Å². The fourth-order valence-electron chi connectivity index (χ4n) is 4.08. The number of hydrogen-bond donors (Lipinski definition) is 1. The molecule has 0 amide bonds. The van der Waals surface area contributed by atoms with Gasteiger partial charge in [-0.2, -0.15) is 0 Å². The predicted octanol–water partition coefficient (Wildman–Crippen LogP) is 4.86. The van der Waals surface area contributed by atoms with Gasteiger partial charge in [0.05, 0.1) is 13.0 Å². The van der Waals surface area contributed by atoms with Crippen molar-refractivity contribution in [2.75, 3.05) is 11.9 Å². The smallest absolute Gasteiger partial charge is 0.307 e. The summed E-state index contributed by atoms with van der Waals surface area (Å²) in [5.74, 6) is 0.199. The molecule has 2 unspecified atom stereocenters. The zero-order chi connectivity index (χ0) is 18.1. The average Bonchev–Trinajstić information content (AvgIpc) is 2.62. The highest BCUT2D eigenvalue weighted by Crippen LogP contribution is 2.39. The van der Waals surface area contributed by atoms with Gasteiger partial charge in [0.25, 0.3) is 0 Å². The zero-order valence-electron chi connectivity index (χ0n) is 15.4. The van der Waals surface area contributed by atoms with Crippen LogP contribution in [0.2, 0.25) is 0 Å². The molecule has 2 aromatic carbocycles. The second-order valence-corrected chi connectivity index (χ2v) is 7.47. The highest BCUT2D eigenvalue weighted by atomic mass is 16.5. The van der Waals surface area contributed by atoms with Crippen LogP contribution in [0.25, 0.3) is 5.57 Å². The van der Waals surface area contributed by atoms with Gasteiger partial charge in [-0.05, 0) is 48.6 Å². The lowest BCUT2D eigenvalue weighted by molar-refractivity contribution is -0.143. The van der Waals surface area contributed by atoms with E-state index in [4.69, 9.17) is 4.74 Å². The predicted molar refractivity (Wildman–Crippen MR) is 105 cm³/mol. The van der Waals surface area contributed by atoms with E-state index in [-0.39, 0.29) is 12.0 Å². The van der Waals surface area contributed by atoms with Crippen molar-refractivity contribution < 1.29 is 9.53 Å². The monoisotopic (exact) mass is 347 g/mol. The number of carbonyl (C=O) groups excluding carboxylic acids is 1. The van der Waals surface area contributed by atoms with Gasteiger partial charge in [0.1, 0.15) is 0 Å². The van der Waals surface area contributed by atoms with Crippen LogP contribution in [-0.2, 0) is 16.0 Å². The summed E-state index contributed by atoms with van der Waals surface area (Å²) in [5, 5.41) is 3.53. The molecule has 3 nitrogen and oxygen atoms in total. The number of carbonyl (C=O) groups is 1. The number of allylic oxidation sites excluding steroid dienone is 1. The standard InChI is InChI=1S/C23H25NO2/c1-15-7-8-22-21(11-15)19-13-17-5-3-4-6-20(17)18(14-19)9-10-26-23(25)12-16(2)24-22/h3-8,11,14,16,19,24H,9-10,12-13H2,1-2H3. The molecule has 0 radical (unpaired) electrons. The van der Waals surface area contributed by atoms with Crippen LogP contribution in [-0.4, -0.2) is 18.6 Å². The third-order valence-electron chi connectivity index (χ3n) is 5.32. The highest BCUT2D eigenvalue weighted by Gasteiger charge is 2.24. The second-order valence-electron chi connectivity index (χ2n) is 7.47. The van der Waals surface area contributed by atoms with E-state index in [1.165, 1.54) is 27.8 Å². The summed E-state index contributed by atoms with van der Waals surface area (Å²) in [6.45, 7) is 4.62. The summed E-state index contributed by atoms with van der Waals surface area (Å²) in [7, 11) is 0. The van der Waals surface area contributed by atoms with Crippen molar-refractivity contribution in [3.63, 3.8) is 0 Å². The van der Waals surface area contributed by atoms with Gasteiger partial charge in [-0.15, -0.1) is 0 Å². The molecule has 3 heteroatoms. The fraction of sp³-hybridized carbons (Fsp3) is 0.348. The van der Waals surface area contributed by atoms with Crippen LogP contribution in [0.15, 0.2) is 48.5 Å². The average molecular weight is 347 g/mol. The number of aryl methyl sites for hydroxylation is 1. The van der Waals surface area contributed by atoms with Crippen LogP contribution in [0.4, 0.5) is 5.69 Å². The van der Waals surface area contributed by atoms with E-state index in [1.54, 1.807) is 0 Å². The number of hydrogen-bond acceptors (Lipinski definition) is 3. The highest BCUT2D eigenvalue weighted by molar-refractivity contribution is 5.75. The van der Waals surface area contributed by atoms with E-state index < -0.39 is 0 Å². The first-order chi connectivity index (χ1) is 12.6. The molecule has 0 aromatic heterocycles. The molecule has 0 saturated heterocycles. The summed E-state index contributed by atoms with van der Waals surface area (Å²) in [6.07, 6.45) is 4.53. The van der Waals surface area contributed by atoms with Crippen molar-refractivity contribution in [3.8, 4) is 0 Å². The lowest BCUT2D eigenvalue weighted by Crippen LogP contribution is -2.23. The third kappa shape index (κ3) is 3.39. The molecule has 2 aromatic rings. The molecule has 134 valence electrons. The van der Waals surface area contributed by atoms with Crippen molar-refractivity contribution in [1.82, 2.24) is 0 Å². The van der Waals surface area contributed by atoms with Gasteiger partial charge in [-0.3, -0.25) is 4.79 Å². The number of benzene rings is 2. The van der Waals surface area contributed by atoms with Gasteiger partial charge >= 0.3 is 5.97 Å². The quantitative estimate of drug-likeness (QED) is 0.692. The first-order valence-electron chi connectivity index (χ1n) is 9.42. The Labute approximate surface area is 155 Å². The van der Waals surface area contributed by atoms with Crippen molar-refractivity contribution in [3.05, 3.63) is 70.8 Å². The van der Waals surface area contributed by atoms with Crippen molar-refractivity contribution in [2.45, 2.75) is 45.1 Å². The lowest BCUT2D eigenvalue weighted by atomic mass is 9.79. The minimum Gasteiger partial charge on any atom is -0.465 e. The molecular formula is C23H25NO2. The molecule has 0 saturated carbocycles. The molecule has 26 heavy (non-hydrogen) atoms. The number of fused-ring (bicyclic) bond motifs is 5. The summed E-state index contributed by atoms with van der Waals surface area (Å²) < 4.78 is 5.48. The van der Waals surface area contributed by atoms with Gasteiger partial charge < -0.3 is 10.1 Å². The van der Waals surface area contributed by atoms with Crippen LogP contribution >= 0.6 is 0 Å². The Balaban J connectivity index is 1.81. The Bertz CT molecular complexity index is 868. The first kappa shape index (κ1) is 16.9. The third-order valence-corrected chi connectivity index (χ3v) is 5.32. The van der Waals surface area contributed by atoms with E-state index in [2.05, 4.69) is 60.8 Å². The Morgan fingerprint density at radius 2 is 1.96 bits per heavy atom. The molecule has 1 aliphatic carbocycles. The number of cyclic esters (lactones) is 1. The topological polar surface area (TPSA) is 38.3 Å². The largest absolute Gasteiger partial charge is 0.465 e. The Hall–Kier alpha value is -2.55. The molecule has 2 atom stereocenters. The van der Waals surface area contributed by atoms with Crippen LogP contribution in [0.3, 0.4) is 0 Å². The maximum Gasteiger partial charge on any atom is 0.307 e. The Kier molecular flexibility index (Phi) is 4.54. The number of anilines is 1. The maximum absolute atomic E-state index is 12.1. The van der Waals surface area contributed by atoms with Gasteiger partial charge in [0, 0.05) is 24.1 Å². The summed E-state index contributed by atoms with van der Waals surface area (Å²) >= 11 is 0. The van der Waals surface area contributed by atoms with E-state index in [0.717, 1.165) is 18.5 Å². The minimum absolute atomic E-state index is 0.0442. The van der Waals surface area contributed by atoms with E-state index >= 15 is 0 Å². The van der Waals surface area contributed by atoms with Crippen molar-refractivity contribution in [1.29, 1.82) is 0 Å². The molecule has 1 heterocycles. The minimum atomic E-state index is -0.138. The zero-order valence-corrected chi connectivity index (χ0v) is 15.4. The number of rotatable bonds is 0. The normalized spacial score (nSPS) is 22.5. The van der Waals surface area contributed by atoms with E-state index in [0.29, 0.717) is 18.9 Å². The van der Waals surface area contributed by atoms with Gasteiger partial charge in [-0.25, -0.2) is 0 Å². The van der Waals surface area contributed by atoms with Gasteiger partial charge in [0.15, 0.2) is 0 Å². The first-order valence-corrected chi connectivity index (χ1v) is 9.42. The van der Waals surface area contributed by atoms with Crippen LogP contribution in [0.5, 0.6) is 0 Å². The molecule has 0 fully saturated rings. The summed E-state index contributed by atoms with van der Waals surface area (Å²) in [5.41, 5.74) is 7.66. The number of ether oxygens (including phenoxy) is 1. The van der Waals surface area contributed by atoms with E-state index in [9.17, 15) is 4.79 Å². The number of esters is 1. The van der Waals surface area contributed by atoms with Crippen LogP contribution in [0, 0.1) is 6.92 Å².